The predicted molar refractivity (Wildman–Crippen MR) is 118 cm³/mol. The van der Waals surface area contributed by atoms with E-state index in [1.54, 1.807) is 31.2 Å². The van der Waals surface area contributed by atoms with Crippen molar-refractivity contribution in [2.75, 3.05) is 12.8 Å². The highest BCUT2D eigenvalue weighted by molar-refractivity contribution is 7.88. The smallest absolute Gasteiger partial charge is 0.254 e. The summed E-state index contributed by atoms with van der Waals surface area (Å²) in [5.74, 6) is -1.59. The number of amides is 1. The summed E-state index contributed by atoms with van der Waals surface area (Å²) < 4.78 is 55.6. The van der Waals surface area contributed by atoms with Crippen LogP contribution in [0.15, 0.2) is 36.4 Å². The Morgan fingerprint density at radius 2 is 1.94 bits per heavy atom. The van der Waals surface area contributed by atoms with E-state index in [-0.39, 0.29) is 24.1 Å². The van der Waals surface area contributed by atoms with Gasteiger partial charge in [-0.3, -0.25) is 4.79 Å². The maximum atomic E-state index is 15.5. The topological polar surface area (TPSA) is 86.7 Å². The summed E-state index contributed by atoms with van der Waals surface area (Å²) in [4.78, 5) is 14.2. The van der Waals surface area contributed by atoms with Crippen LogP contribution < -0.4 is 4.72 Å². The van der Waals surface area contributed by atoms with E-state index >= 15 is 4.39 Å². The van der Waals surface area contributed by atoms with Crippen molar-refractivity contribution < 1.29 is 27.1 Å². The second-order valence-corrected chi connectivity index (χ2v) is 10.7. The van der Waals surface area contributed by atoms with Gasteiger partial charge in [-0.2, -0.15) is 0 Å². The summed E-state index contributed by atoms with van der Waals surface area (Å²) in [5.41, 5.74) is -0.123. The van der Waals surface area contributed by atoms with E-state index in [0.717, 1.165) is 6.26 Å². The number of carbonyl (C=O) groups is 1. The molecule has 2 aromatic carbocycles. The lowest BCUT2D eigenvalue weighted by molar-refractivity contribution is -0.148. The summed E-state index contributed by atoms with van der Waals surface area (Å²) in [6.45, 7) is 4.66. The Labute approximate surface area is 187 Å². The molecule has 0 aliphatic carbocycles. The molecule has 0 bridgehead atoms. The van der Waals surface area contributed by atoms with Crippen molar-refractivity contribution in [1.82, 2.24) is 9.62 Å². The zero-order valence-corrected chi connectivity index (χ0v) is 19.3. The van der Waals surface area contributed by atoms with Crippen molar-refractivity contribution in [3.63, 3.8) is 0 Å². The minimum absolute atomic E-state index is 0.0307. The fourth-order valence-corrected chi connectivity index (χ4v) is 5.02. The van der Waals surface area contributed by atoms with Gasteiger partial charge in [0.15, 0.2) is 0 Å². The molecule has 1 fully saturated rings. The van der Waals surface area contributed by atoms with Crippen LogP contribution in [0, 0.1) is 18.6 Å². The molecule has 3 rings (SSSR count). The van der Waals surface area contributed by atoms with E-state index in [1.807, 2.05) is 0 Å². The number of benzene rings is 2. The standard InChI is InChI=1S/C23H28F2N2O4S/c1-14-10-16(12-17(24)11-14)18-7-5-6-15(21(18)25)13-20-19(26-32(4,30)31)8-9-27(20)22(28)23(2,3)29/h5-7,10-12,19-20,26,29H,8-9,13H2,1-4H3/t19-,20-/m0/s1. The van der Waals surface area contributed by atoms with Gasteiger partial charge in [0.1, 0.15) is 17.2 Å². The van der Waals surface area contributed by atoms with E-state index in [0.29, 0.717) is 17.5 Å². The third-order valence-electron chi connectivity index (χ3n) is 5.56. The van der Waals surface area contributed by atoms with Crippen molar-refractivity contribution in [2.24, 2.45) is 0 Å². The van der Waals surface area contributed by atoms with Crippen molar-refractivity contribution in [2.45, 2.75) is 51.3 Å². The van der Waals surface area contributed by atoms with Gasteiger partial charge in [-0.05, 0) is 62.4 Å². The number of sulfonamides is 1. The van der Waals surface area contributed by atoms with Gasteiger partial charge >= 0.3 is 0 Å². The number of hydrogen-bond acceptors (Lipinski definition) is 4. The maximum Gasteiger partial charge on any atom is 0.254 e. The van der Waals surface area contributed by atoms with E-state index in [4.69, 9.17) is 0 Å². The largest absolute Gasteiger partial charge is 0.381 e. The maximum absolute atomic E-state index is 15.5. The first-order valence-corrected chi connectivity index (χ1v) is 12.2. The Balaban J connectivity index is 1.99. The van der Waals surface area contributed by atoms with Gasteiger partial charge in [0.05, 0.1) is 12.3 Å². The molecule has 9 heteroatoms. The molecule has 2 N–H and O–H groups in total. The number of nitrogens with one attached hydrogen (secondary N) is 1. The first-order valence-electron chi connectivity index (χ1n) is 10.3. The van der Waals surface area contributed by atoms with Crippen LogP contribution >= 0.6 is 0 Å². The third-order valence-corrected chi connectivity index (χ3v) is 6.29. The van der Waals surface area contributed by atoms with E-state index in [2.05, 4.69) is 4.72 Å². The normalized spacial score (nSPS) is 19.4. The SMILES string of the molecule is Cc1cc(F)cc(-c2cccc(C[C@H]3[C@@H](NS(C)(=O)=O)CCN3C(=O)C(C)(C)O)c2F)c1. The quantitative estimate of drug-likeness (QED) is 0.686. The minimum atomic E-state index is -3.57. The monoisotopic (exact) mass is 466 g/mol. The molecule has 1 aliphatic heterocycles. The summed E-state index contributed by atoms with van der Waals surface area (Å²) in [5, 5.41) is 10.2. The van der Waals surface area contributed by atoms with Crippen LogP contribution in [0.1, 0.15) is 31.4 Å². The highest BCUT2D eigenvalue weighted by Gasteiger charge is 2.42. The Hall–Kier alpha value is -2.36. The Kier molecular flexibility index (Phi) is 6.74. The van der Waals surface area contributed by atoms with Gasteiger partial charge in [0.2, 0.25) is 10.0 Å². The first kappa shape index (κ1) is 24.3. The number of likely N-dealkylation sites (tertiary alicyclic amines) is 1. The number of aliphatic hydroxyl groups is 1. The van der Waals surface area contributed by atoms with Crippen LogP contribution in [0.5, 0.6) is 0 Å². The highest BCUT2D eigenvalue weighted by atomic mass is 32.2. The summed E-state index contributed by atoms with van der Waals surface area (Å²) in [6.07, 6.45) is 1.39. The fourth-order valence-electron chi connectivity index (χ4n) is 4.20. The molecular formula is C23H28F2N2O4S. The summed E-state index contributed by atoms with van der Waals surface area (Å²) in [6, 6.07) is 7.72. The van der Waals surface area contributed by atoms with Crippen LogP contribution in [-0.2, 0) is 21.2 Å². The van der Waals surface area contributed by atoms with Crippen LogP contribution in [0.4, 0.5) is 8.78 Å². The van der Waals surface area contributed by atoms with Crippen LogP contribution in [0.25, 0.3) is 11.1 Å². The second kappa shape index (κ2) is 8.88. The number of aryl methyl sites for hydroxylation is 1. The minimum Gasteiger partial charge on any atom is -0.381 e. The molecule has 0 spiro atoms. The number of carbonyl (C=O) groups excluding carboxylic acids is 1. The molecule has 0 radical (unpaired) electrons. The molecule has 0 unspecified atom stereocenters. The average Bonchev–Trinajstić information content (AvgIpc) is 3.01. The highest BCUT2D eigenvalue weighted by Crippen LogP contribution is 2.30. The Bertz CT molecular complexity index is 1110. The molecule has 1 saturated heterocycles. The lowest BCUT2D eigenvalue weighted by atomic mass is 9.95. The number of nitrogens with zero attached hydrogens (tertiary/aromatic N) is 1. The average molecular weight is 467 g/mol. The van der Waals surface area contributed by atoms with Gasteiger partial charge < -0.3 is 10.0 Å². The molecule has 1 amide bonds. The van der Waals surface area contributed by atoms with Gasteiger partial charge in [-0.1, -0.05) is 24.3 Å². The predicted octanol–water partition coefficient (Wildman–Crippen LogP) is 2.77. The summed E-state index contributed by atoms with van der Waals surface area (Å²) >= 11 is 0. The second-order valence-electron chi connectivity index (χ2n) is 8.91. The zero-order valence-electron chi connectivity index (χ0n) is 18.5. The van der Waals surface area contributed by atoms with Gasteiger partial charge in [0.25, 0.3) is 5.91 Å². The zero-order chi connectivity index (χ0) is 23.8. The molecule has 174 valence electrons. The molecule has 2 atom stereocenters. The number of rotatable bonds is 6. The first-order chi connectivity index (χ1) is 14.8. The number of halogens is 2. The molecular weight excluding hydrogens is 438 g/mol. The van der Waals surface area contributed by atoms with Crippen molar-refractivity contribution in [3.8, 4) is 11.1 Å². The van der Waals surface area contributed by atoms with Crippen molar-refractivity contribution >= 4 is 15.9 Å². The molecule has 0 saturated carbocycles. The molecule has 1 aliphatic rings. The Morgan fingerprint density at radius 3 is 2.53 bits per heavy atom. The van der Waals surface area contributed by atoms with Crippen LogP contribution in [0.3, 0.4) is 0 Å². The molecule has 2 aromatic rings. The third kappa shape index (κ3) is 5.51. The number of hydrogen-bond donors (Lipinski definition) is 2. The Morgan fingerprint density at radius 1 is 1.25 bits per heavy atom. The van der Waals surface area contributed by atoms with Crippen LogP contribution in [-0.4, -0.2) is 54.8 Å². The van der Waals surface area contributed by atoms with Crippen LogP contribution in [0.2, 0.25) is 0 Å². The molecule has 32 heavy (non-hydrogen) atoms. The summed E-state index contributed by atoms with van der Waals surface area (Å²) in [7, 11) is -3.57. The molecule has 1 heterocycles. The van der Waals surface area contributed by atoms with Gasteiger partial charge in [0, 0.05) is 18.2 Å². The molecule has 0 aromatic heterocycles. The van der Waals surface area contributed by atoms with E-state index < -0.39 is 45.2 Å². The van der Waals surface area contributed by atoms with Crippen molar-refractivity contribution in [3.05, 3.63) is 59.2 Å². The molecule has 6 nitrogen and oxygen atoms in total. The van der Waals surface area contributed by atoms with E-state index in [1.165, 1.54) is 30.9 Å². The van der Waals surface area contributed by atoms with Crippen molar-refractivity contribution in [1.29, 1.82) is 0 Å². The van der Waals surface area contributed by atoms with Gasteiger partial charge in [-0.15, -0.1) is 0 Å². The van der Waals surface area contributed by atoms with E-state index in [9.17, 15) is 22.7 Å². The lowest BCUT2D eigenvalue weighted by Gasteiger charge is -2.32. The van der Waals surface area contributed by atoms with Gasteiger partial charge in [-0.25, -0.2) is 21.9 Å². The fraction of sp³-hybridized carbons (Fsp3) is 0.435. The lowest BCUT2D eigenvalue weighted by Crippen LogP contribution is -2.52.